The highest BCUT2D eigenvalue weighted by atomic mass is 32.2. The number of ketones is 1. The first-order valence-electron chi connectivity index (χ1n) is 9.32. The first kappa shape index (κ1) is 21.6. The van der Waals surface area contributed by atoms with Crippen LogP contribution in [-0.4, -0.2) is 27.6 Å². The number of rotatable bonds is 10. The molecule has 0 saturated carbocycles. The molecule has 146 valence electrons. The number of benzene rings is 1. The molecule has 1 amide bonds. The SMILES string of the molecule is CCCC[C@@H](CC)C(=O)Nc1nnc(SCC(=O)c2ccc(C)cc2C)s1. The molecule has 5 nitrogen and oxygen atoms in total. The zero-order valence-corrected chi connectivity index (χ0v) is 18.0. The quantitative estimate of drug-likeness (QED) is 0.330. The summed E-state index contributed by atoms with van der Waals surface area (Å²) in [6, 6.07) is 5.84. The van der Waals surface area contributed by atoms with E-state index in [1.165, 1.54) is 23.1 Å². The van der Waals surface area contributed by atoms with Crippen LogP contribution >= 0.6 is 23.1 Å². The summed E-state index contributed by atoms with van der Waals surface area (Å²) < 4.78 is 0.685. The van der Waals surface area contributed by atoms with Crippen LogP contribution in [0.2, 0.25) is 0 Å². The number of anilines is 1. The Balaban J connectivity index is 1.90. The molecular formula is C20H27N3O2S2. The Morgan fingerprint density at radius 1 is 1.22 bits per heavy atom. The summed E-state index contributed by atoms with van der Waals surface area (Å²) >= 11 is 2.67. The maximum absolute atomic E-state index is 12.4. The second-order valence-corrected chi connectivity index (χ2v) is 8.84. The van der Waals surface area contributed by atoms with Gasteiger partial charge in [0.1, 0.15) is 0 Å². The van der Waals surface area contributed by atoms with Crippen molar-refractivity contribution in [3.8, 4) is 0 Å². The number of carbonyl (C=O) groups excluding carboxylic acids is 2. The van der Waals surface area contributed by atoms with E-state index in [-0.39, 0.29) is 17.6 Å². The number of aryl methyl sites for hydroxylation is 2. The molecule has 27 heavy (non-hydrogen) atoms. The predicted octanol–water partition coefficient (Wildman–Crippen LogP) is 5.28. The van der Waals surface area contributed by atoms with Crippen molar-refractivity contribution < 1.29 is 9.59 Å². The van der Waals surface area contributed by atoms with Gasteiger partial charge < -0.3 is 5.32 Å². The van der Waals surface area contributed by atoms with Gasteiger partial charge in [-0.15, -0.1) is 10.2 Å². The average Bonchev–Trinajstić information content (AvgIpc) is 3.07. The van der Waals surface area contributed by atoms with E-state index in [4.69, 9.17) is 0 Å². The third-order valence-electron chi connectivity index (χ3n) is 4.42. The monoisotopic (exact) mass is 405 g/mol. The van der Waals surface area contributed by atoms with Crippen molar-refractivity contribution in [3.63, 3.8) is 0 Å². The Labute approximate surface area is 169 Å². The first-order valence-corrected chi connectivity index (χ1v) is 11.1. The van der Waals surface area contributed by atoms with Crippen molar-refractivity contribution in [2.75, 3.05) is 11.1 Å². The molecular weight excluding hydrogens is 378 g/mol. The number of aromatic nitrogens is 2. The van der Waals surface area contributed by atoms with Crippen molar-refractivity contribution in [2.24, 2.45) is 5.92 Å². The first-order chi connectivity index (χ1) is 12.9. The van der Waals surface area contributed by atoms with Gasteiger partial charge in [-0.2, -0.15) is 0 Å². The van der Waals surface area contributed by atoms with Crippen molar-refractivity contribution in [1.82, 2.24) is 10.2 Å². The summed E-state index contributed by atoms with van der Waals surface area (Å²) in [5, 5.41) is 11.5. The molecule has 0 spiro atoms. The van der Waals surface area contributed by atoms with Gasteiger partial charge in [0.25, 0.3) is 0 Å². The van der Waals surface area contributed by atoms with E-state index in [0.717, 1.165) is 42.4 Å². The van der Waals surface area contributed by atoms with Gasteiger partial charge >= 0.3 is 0 Å². The van der Waals surface area contributed by atoms with Gasteiger partial charge in [0.2, 0.25) is 11.0 Å². The lowest BCUT2D eigenvalue weighted by molar-refractivity contribution is -0.120. The third kappa shape index (κ3) is 6.43. The maximum Gasteiger partial charge on any atom is 0.229 e. The smallest absolute Gasteiger partial charge is 0.229 e. The number of hydrogen-bond donors (Lipinski definition) is 1. The minimum absolute atomic E-state index is 0.00464. The normalized spacial score (nSPS) is 12.0. The molecule has 1 heterocycles. The molecule has 1 aromatic carbocycles. The van der Waals surface area contributed by atoms with E-state index in [2.05, 4.69) is 22.4 Å². The zero-order valence-electron chi connectivity index (χ0n) is 16.4. The van der Waals surface area contributed by atoms with Crippen molar-refractivity contribution in [1.29, 1.82) is 0 Å². The van der Waals surface area contributed by atoms with Crippen LogP contribution in [0.4, 0.5) is 5.13 Å². The zero-order chi connectivity index (χ0) is 19.8. The van der Waals surface area contributed by atoms with Gasteiger partial charge in [0.05, 0.1) is 5.75 Å². The van der Waals surface area contributed by atoms with Crippen molar-refractivity contribution in [2.45, 2.75) is 57.7 Å². The Kier molecular flexibility index (Phi) is 8.44. The van der Waals surface area contributed by atoms with E-state index in [0.29, 0.717) is 15.2 Å². The minimum atomic E-state index is 0.00464. The van der Waals surface area contributed by atoms with Crippen LogP contribution < -0.4 is 5.32 Å². The average molecular weight is 406 g/mol. The number of nitrogens with zero attached hydrogens (tertiary/aromatic N) is 2. The lowest BCUT2D eigenvalue weighted by Crippen LogP contribution is -2.22. The van der Waals surface area contributed by atoms with Crippen LogP contribution in [0.3, 0.4) is 0 Å². The molecule has 7 heteroatoms. The van der Waals surface area contributed by atoms with Crippen molar-refractivity contribution >= 4 is 39.9 Å². The topological polar surface area (TPSA) is 72.0 Å². The van der Waals surface area contributed by atoms with Gasteiger partial charge in [-0.05, 0) is 32.3 Å². The minimum Gasteiger partial charge on any atom is -0.300 e. The third-order valence-corrected chi connectivity index (χ3v) is 6.39. The molecule has 0 radical (unpaired) electrons. The largest absolute Gasteiger partial charge is 0.300 e. The number of hydrogen-bond acceptors (Lipinski definition) is 6. The Hall–Kier alpha value is -1.73. The summed E-state index contributed by atoms with van der Waals surface area (Å²) in [6.45, 7) is 8.11. The summed E-state index contributed by atoms with van der Waals surface area (Å²) in [5.41, 5.74) is 2.88. The summed E-state index contributed by atoms with van der Waals surface area (Å²) in [6.07, 6.45) is 3.84. The van der Waals surface area contributed by atoms with Crippen LogP contribution in [0.5, 0.6) is 0 Å². The number of carbonyl (C=O) groups is 2. The summed E-state index contributed by atoms with van der Waals surface area (Å²) in [7, 11) is 0. The Morgan fingerprint density at radius 2 is 2.00 bits per heavy atom. The van der Waals surface area contributed by atoms with E-state index >= 15 is 0 Å². The van der Waals surface area contributed by atoms with Crippen LogP contribution in [0, 0.1) is 19.8 Å². The fraction of sp³-hybridized carbons (Fsp3) is 0.500. The van der Waals surface area contributed by atoms with Gasteiger partial charge in [-0.3, -0.25) is 9.59 Å². The fourth-order valence-electron chi connectivity index (χ4n) is 2.83. The van der Waals surface area contributed by atoms with E-state index in [1.807, 2.05) is 39.0 Å². The molecule has 0 aliphatic heterocycles. The summed E-state index contributed by atoms with van der Waals surface area (Å²) in [4.78, 5) is 24.8. The molecule has 2 rings (SSSR count). The van der Waals surface area contributed by atoms with E-state index < -0.39 is 0 Å². The molecule has 0 fully saturated rings. The van der Waals surface area contributed by atoms with Gasteiger partial charge in [-0.25, -0.2) is 0 Å². The summed E-state index contributed by atoms with van der Waals surface area (Å²) in [5.74, 6) is 0.394. The standard InChI is InChI=1S/C20H27N3O2S2/c1-5-7-8-15(6-2)18(25)21-19-22-23-20(27-19)26-12-17(24)16-10-9-13(3)11-14(16)4/h9-11,15H,5-8,12H2,1-4H3,(H,21,22,25)/t15-/m1/s1. The molecule has 0 aliphatic rings. The molecule has 0 saturated heterocycles. The van der Waals surface area contributed by atoms with Gasteiger partial charge in [0, 0.05) is 11.5 Å². The van der Waals surface area contributed by atoms with Gasteiger partial charge in [0.15, 0.2) is 10.1 Å². The highest BCUT2D eigenvalue weighted by Gasteiger charge is 2.18. The second kappa shape index (κ2) is 10.6. The number of amides is 1. The maximum atomic E-state index is 12.4. The molecule has 1 atom stereocenters. The molecule has 1 N–H and O–H groups in total. The van der Waals surface area contributed by atoms with E-state index in [1.54, 1.807) is 0 Å². The lowest BCUT2D eigenvalue weighted by Gasteiger charge is -2.12. The highest BCUT2D eigenvalue weighted by molar-refractivity contribution is 8.01. The van der Waals surface area contributed by atoms with E-state index in [9.17, 15) is 9.59 Å². The predicted molar refractivity (Wildman–Crippen MR) is 113 cm³/mol. The Bertz CT molecular complexity index is 789. The number of Topliss-reactive ketones (excluding diaryl/α,β-unsaturated/α-hetero) is 1. The highest BCUT2D eigenvalue weighted by Crippen LogP contribution is 2.27. The molecule has 1 aromatic heterocycles. The second-order valence-electron chi connectivity index (χ2n) is 6.64. The lowest BCUT2D eigenvalue weighted by atomic mass is 9.99. The molecule has 0 bridgehead atoms. The van der Waals surface area contributed by atoms with Crippen LogP contribution in [0.1, 0.15) is 61.0 Å². The number of unbranched alkanes of at least 4 members (excludes halogenated alkanes) is 1. The number of thioether (sulfide) groups is 1. The fourth-order valence-corrected chi connectivity index (χ4v) is 4.47. The Morgan fingerprint density at radius 3 is 2.67 bits per heavy atom. The molecule has 0 unspecified atom stereocenters. The number of nitrogens with one attached hydrogen (secondary N) is 1. The molecule has 0 aliphatic carbocycles. The van der Waals surface area contributed by atoms with Crippen LogP contribution in [0.25, 0.3) is 0 Å². The van der Waals surface area contributed by atoms with Gasteiger partial charge in [-0.1, -0.05) is 73.6 Å². The van der Waals surface area contributed by atoms with Crippen molar-refractivity contribution in [3.05, 3.63) is 34.9 Å². The van der Waals surface area contributed by atoms with Crippen LogP contribution in [-0.2, 0) is 4.79 Å². The van der Waals surface area contributed by atoms with Crippen LogP contribution in [0.15, 0.2) is 22.5 Å². The molecule has 2 aromatic rings.